The average molecular weight is 497 g/mol. The zero-order valence-electron chi connectivity index (χ0n) is 18.7. The summed E-state index contributed by atoms with van der Waals surface area (Å²) < 4.78 is 56.5. The molecule has 1 amide bonds. The molecule has 0 aliphatic carbocycles. The maximum absolute atomic E-state index is 13.3. The topological polar surface area (TPSA) is 121 Å². The van der Waals surface area contributed by atoms with Crippen LogP contribution in [-0.4, -0.2) is 87.4 Å². The summed E-state index contributed by atoms with van der Waals surface area (Å²) in [6.45, 7) is 4.51. The van der Waals surface area contributed by atoms with E-state index >= 15 is 0 Å². The molecule has 180 valence electrons. The molecular formula is C21H28N4O6S2. The van der Waals surface area contributed by atoms with Gasteiger partial charge in [-0.3, -0.25) is 9.69 Å². The van der Waals surface area contributed by atoms with Gasteiger partial charge in [0.1, 0.15) is 10.6 Å². The van der Waals surface area contributed by atoms with Crippen molar-refractivity contribution in [3.8, 4) is 0 Å². The summed E-state index contributed by atoms with van der Waals surface area (Å²) in [4.78, 5) is 16.9. The second-order valence-corrected chi connectivity index (χ2v) is 12.6. The van der Waals surface area contributed by atoms with E-state index in [0.29, 0.717) is 30.9 Å². The van der Waals surface area contributed by atoms with Crippen molar-refractivity contribution in [3.05, 3.63) is 41.8 Å². The largest absolute Gasteiger partial charge is 0.360 e. The van der Waals surface area contributed by atoms with E-state index in [9.17, 15) is 21.6 Å². The number of hydrogen-bond donors (Lipinski definition) is 0. The third kappa shape index (κ3) is 4.98. The summed E-state index contributed by atoms with van der Waals surface area (Å²) in [5, 5.41) is 3.74. The van der Waals surface area contributed by atoms with Crippen molar-refractivity contribution in [1.82, 2.24) is 14.4 Å². The van der Waals surface area contributed by atoms with Crippen molar-refractivity contribution in [2.24, 2.45) is 0 Å². The van der Waals surface area contributed by atoms with Crippen LogP contribution in [0.4, 0.5) is 5.69 Å². The monoisotopic (exact) mass is 496 g/mol. The van der Waals surface area contributed by atoms with Crippen molar-refractivity contribution in [2.45, 2.75) is 31.2 Å². The SMILES string of the molecule is Cc1noc(C)c1S(=O)(=O)N1CCN(CC(=O)N(c2ccccc2)[C@@H]2CCS(=O)(=O)C2)CC1. The number of para-hydroxylation sites is 1. The zero-order chi connectivity index (χ0) is 23.8. The summed E-state index contributed by atoms with van der Waals surface area (Å²) in [7, 11) is -6.89. The standard InChI is InChI=1S/C21H28N4O6S2/c1-16-21(17(2)31-22-16)33(29,30)24-11-9-23(10-12-24)14-20(26)25(18-6-4-3-5-7-18)19-8-13-32(27,28)15-19/h3-7,19H,8-15H2,1-2H3/t19-/m1/s1. The number of amides is 1. The number of sulfonamides is 1. The van der Waals surface area contributed by atoms with Crippen molar-refractivity contribution in [2.75, 3.05) is 49.1 Å². The van der Waals surface area contributed by atoms with Crippen LogP contribution < -0.4 is 4.90 Å². The molecule has 2 aliphatic heterocycles. The van der Waals surface area contributed by atoms with E-state index in [2.05, 4.69) is 5.16 Å². The number of nitrogens with zero attached hydrogens (tertiary/aromatic N) is 4. The first-order chi connectivity index (χ1) is 15.6. The summed E-state index contributed by atoms with van der Waals surface area (Å²) in [5.74, 6) is 0.101. The number of aromatic nitrogens is 1. The Hall–Kier alpha value is -2.28. The molecule has 2 aliphatic rings. The Labute approximate surface area is 194 Å². The molecule has 0 saturated carbocycles. The number of piperazine rings is 1. The van der Waals surface area contributed by atoms with E-state index in [1.165, 1.54) is 4.31 Å². The predicted molar refractivity (Wildman–Crippen MR) is 122 cm³/mol. The van der Waals surface area contributed by atoms with Crippen LogP contribution in [0.15, 0.2) is 39.8 Å². The number of anilines is 1. The van der Waals surface area contributed by atoms with Crippen LogP contribution in [0.1, 0.15) is 17.9 Å². The molecule has 1 atom stereocenters. The number of carbonyl (C=O) groups is 1. The summed E-state index contributed by atoms with van der Waals surface area (Å²) >= 11 is 0. The Morgan fingerprint density at radius 3 is 2.36 bits per heavy atom. The highest BCUT2D eigenvalue weighted by Crippen LogP contribution is 2.26. The molecule has 3 heterocycles. The molecule has 1 aromatic carbocycles. The molecule has 0 spiro atoms. The van der Waals surface area contributed by atoms with E-state index in [4.69, 9.17) is 4.52 Å². The maximum atomic E-state index is 13.3. The fraction of sp³-hybridized carbons (Fsp3) is 0.524. The maximum Gasteiger partial charge on any atom is 0.248 e. The first kappa shape index (κ1) is 23.9. The van der Waals surface area contributed by atoms with Gasteiger partial charge in [0.05, 0.1) is 24.1 Å². The predicted octanol–water partition coefficient (Wildman–Crippen LogP) is 0.818. The molecular weight excluding hydrogens is 468 g/mol. The van der Waals surface area contributed by atoms with Crippen molar-refractivity contribution in [3.63, 3.8) is 0 Å². The van der Waals surface area contributed by atoms with Crippen molar-refractivity contribution < 1.29 is 26.2 Å². The Morgan fingerprint density at radius 1 is 1.15 bits per heavy atom. The average Bonchev–Trinajstić information content (AvgIpc) is 3.30. The van der Waals surface area contributed by atoms with Gasteiger partial charge in [0.2, 0.25) is 15.9 Å². The van der Waals surface area contributed by atoms with Gasteiger partial charge in [-0.2, -0.15) is 4.31 Å². The smallest absolute Gasteiger partial charge is 0.248 e. The summed E-state index contributed by atoms with van der Waals surface area (Å²) in [5.41, 5.74) is 0.999. The molecule has 2 saturated heterocycles. The number of hydrogen-bond acceptors (Lipinski definition) is 8. The molecule has 2 aromatic rings. The Bertz CT molecular complexity index is 1200. The van der Waals surface area contributed by atoms with Gasteiger partial charge in [0.15, 0.2) is 15.6 Å². The normalized spacial score (nSPS) is 21.8. The van der Waals surface area contributed by atoms with Gasteiger partial charge >= 0.3 is 0 Å². The van der Waals surface area contributed by atoms with Crippen LogP contribution in [0.2, 0.25) is 0 Å². The van der Waals surface area contributed by atoms with Crippen molar-refractivity contribution >= 4 is 31.5 Å². The van der Waals surface area contributed by atoms with Gasteiger partial charge < -0.3 is 9.42 Å². The van der Waals surface area contributed by atoms with Gasteiger partial charge in [-0.1, -0.05) is 23.4 Å². The minimum absolute atomic E-state index is 0.0445. The highest BCUT2D eigenvalue weighted by molar-refractivity contribution is 7.91. The minimum atomic E-state index is -3.73. The highest BCUT2D eigenvalue weighted by Gasteiger charge is 2.37. The number of carbonyl (C=O) groups excluding carboxylic acids is 1. The number of benzene rings is 1. The molecule has 1 aromatic heterocycles. The quantitative estimate of drug-likeness (QED) is 0.576. The lowest BCUT2D eigenvalue weighted by molar-refractivity contribution is -0.120. The fourth-order valence-corrected chi connectivity index (χ4v) is 7.91. The van der Waals surface area contributed by atoms with Crippen LogP contribution in [0.3, 0.4) is 0 Å². The molecule has 0 radical (unpaired) electrons. The third-order valence-electron chi connectivity index (χ3n) is 6.13. The first-order valence-electron chi connectivity index (χ1n) is 10.8. The Morgan fingerprint density at radius 2 is 1.82 bits per heavy atom. The van der Waals surface area contributed by atoms with E-state index in [-0.39, 0.29) is 47.7 Å². The molecule has 0 N–H and O–H groups in total. The minimum Gasteiger partial charge on any atom is -0.360 e. The molecule has 12 heteroatoms. The fourth-order valence-electron chi connectivity index (χ4n) is 4.49. The molecule has 10 nitrogen and oxygen atoms in total. The molecule has 2 fully saturated rings. The molecule has 0 unspecified atom stereocenters. The van der Waals surface area contributed by atoms with Crippen molar-refractivity contribution in [1.29, 1.82) is 0 Å². The number of sulfone groups is 1. The second-order valence-electron chi connectivity index (χ2n) is 8.49. The van der Waals surface area contributed by atoms with Gasteiger partial charge in [-0.05, 0) is 32.4 Å². The summed E-state index contributed by atoms with van der Waals surface area (Å²) in [6, 6.07) is 8.69. The van der Waals surface area contributed by atoms with E-state index < -0.39 is 25.9 Å². The van der Waals surface area contributed by atoms with Gasteiger partial charge in [0, 0.05) is 31.9 Å². The number of rotatable bonds is 6. The van der Waals surface area contributed by atoms with E-state index in [0.717, 1.165) is 0 Å². The van der Waals surface area contributed by atoms with Gasteiger partial charge in [-0.25, -0.2) is 16.8 Å². The molecule has 0 bridgehead atoms. The van der Waals surface area contributed by atoms with Crippen LogP contribution in [0.5, 0.6) is 0 Å². The lowest BCUT2D eigenvalue weighted by atomic mass is 10.1. The van der Waals surface area contributed by atoms with Crippen LogP contribution in [0.25, 0.3) is 0 Å². The lowest BCUT2D eigenvalue weighted by Gasteiger charge is -2.35. The first-order valence-corrected chi connectivity index (χ1v) is 14.1. The van der Waals surface area contributed by atoms with Gasteiger partial charge in [0.25, 0.3) is 0 Å². The van der Waals surface area contributed by atoms with Gasteiger partial charge in [-0.15, -0.1) is 0 Å². The molecule has 33 heavy (non-hydrogen) atoms. The Balaban J connectivity index is 1.44. The highest BCUT2D eigenvalue weighted by atomic mass is 32.2. The Kier molecular flexibility index (Phi) is 6.63. The second kappa shape index (κ2) is 9.16. The van der Waals surface area contributed by atoms with Crippen LogP contribution >= 0.6 is 0 Å². The van der Waals surface area contributed by atoms with Crippen LogP contribution in [0, 0.1) is 13.8 Å². The lowest BCUT2D eigenvalue weighted by Crippen LogP contribution is -2.53. The van der Waals surface area contributed by atoms with E-state index in [1.54, 1.807) is 30.9 Å². The molecule has 4 rings (SSSR count). The van der Waals surface area contributed by atoms with Crippen LogP contribution in [-0.2, 0) is 24.7 Å². The number of aryl methyl sites for hydroxylation is 2. The third-order valence-corrected chi connectivity index (χ3v) is 10.0. The van der Waals surface area contributed by atoms with E-state index in [1.807, 2.05) is 23.1 Å². The zero-order valence-corrected chi connectivity index (χ0v) is 20.3. The summed E-state index contributed by atoms with van der Waals surface area (Å²) in [6.07, 6.45) is 0.409.